The summed E-state index contributed by atoms with van der Waals surface area (Å²) in [5.74, 6) is -0.323. The zero-order valence-electron chi connectivity index (χ0n) is 14.4. The number of rotatable bonds is 7. The number of carbonyl (C=O) groups excluding carboxylic acids is 1. The molecule has 140 valence electrons. The molecule has 0 unspecified atom stereocenters. The number of hydrazone groups is 1. The maximum Gasteiger partial charge on any atom is 0.360 e. The van der Waals surface area contributed by atoms with Gasteiger partial charge in [0.1, 0.15) is 24.2 Å². The summed E-state index contributed by atoms with van der Waals surface area (Å²) >= 11 is 6.17. The number of nitriles is 1. The van der Waals surface area contributed by atoms with E-state index in [2.05, 4.69) is 20.4 Å². The second-order valence-corrected chi connectivity index (χ2v) is 5.50. The van der Waals surface area contributed by atoms with Gasteiger partial charge in [0.2, 0.25) is 5.71 Å². The molecule has 0 aliphatic rings. The van der Waals surface area contributed by atoms with Crippen LogP contribution in [0.2, 0.25) is 5.02 Å². The number of amidine groups is 1. The third-order valence-corrected chi connectivity index (χ3v) is 3.62. The Bertz CT molecular complexity index is 947. The first kappa shape index (κ1) is 19.7. The van der Waals surface area contributed by atoms with E-state index in [9.17, 15) is 4.79 Å². The van der Waals surface area contributed by atoms with Crippen molar-refractivity contribution < 1.29 is 18.8 Å². The normalized spacial score (nSPS) is 10.8. The molecule has 0 spiro atoms. The van der Waals surface area contributed by atoms with Gasteiger partial charge in [0.15, 0.2) is 11.5 Å². The van der Waals surface area contributed by atoms with E-state index in [1.165, 1.54) is 13.2 Å². The predicted molar refractivity (Wildman–Crippen MR) is 96.9 cm³/mol. The Morgan fingerprint density at radius 2 is 2.30 bits per heavy atom. The van der Waals surface area contributed by atoms with E-state index >= 15 is 0 Å². The number of carbonyl (C=O) groups is 1. The third-order valence-electron chi connectivity index (χ3n) is 3.33. The minimum atomic E-state index is -0.632. The van der Waals surface area contributed by atoms with Gasteiger partial charge in [-0.2, -0.15) is 10.4 Å². The molecule has 4 N–H and O–H groups in total. The second-order valence-electron chi connectivity index (χ2n) is 5.09. The van der Waals surface area contributed by atoms with Crippen molar-refractivity contribution in [2.75, 3.05) is 12.5 Å². The lowest BCUT2D eigenvalue weighted by atomic mass is 10.2. The van der Waals surface area contributed by atoms with Crippen molar-refractivity contribution in [3.63, 3.8) is 0 Å². The Kier molecular flexibility index (Phi) is 6.35. The minimum absolute atomic E-state index is 0.00662. The lowest BCUT2D eigenvalue weighted by Gasteiger charge is -2.09. The standard InChI is InChI=1S/C16H15ClN6O4/c1-8-10(14(23-27-8)16(24)25-2)7-26-13-4-3-9(5-11(13)17)21-22-12(6-18)15(19)20/h3-5,21H,7H2,1-2H3,(H3,19,20)/b22-12+. The van der Waals surface area contributed by atoms with Gasteiger partial charge >= 0.3 is 5.97 Å². The maximum absolute atomic E-state index is 11.7. The molecule has 0 bridgehead atoms. The van der Waals surface area contributed by atoms with Crippen LogP contribution in [-0.4, -0.2) is 29.8 Å². The number of nitrogens with zero attached hydrogens (tertiary/aromatic N) is 3. The van der Waals surface area contributed by atoms with E-state index in [0.717, 1.165) is 0 Å². The van der Waals surface area contributed by atoms with Crippen LogP contribution in [0.5, 0.6) is 5.75 Å². The fraction of sp³-hybridized carbons (Fsp3) is 0.188. The van der Waals surface area contributed by atoms with Crippen molar-refractivity contribution in [3.8, 4) is 11.8 Å². The van der Waals surface area contributed by atoms with Crippen molar-refractivity contribution in [2.24, 2.45) is 10.8 Å². The number of halogens is 1. The monoisotopic (exact) mass is 390 g/mol. The average molecular weight is 391 g/mol. The molecule has 1 heterocycles. The number of hydrogen-bond acceptors (Lipinski definition) is 9. The maximum atomic E-state index is 11.7. The average Bonchev–Trinajstić information content (AvgIpc) is 3.01. The van der Waals surface area contributed by atoms with Crippen molar-refractivity contribution >= 4 is 34.8 Å². The van der Waals surface area contributed by atoms with Gasteiger partial charge in [-0.15, -0.1) is 0 Å². The molecule has 0 radical (unpaired) electrons. The summed E-state index contributed by atoms with van der Waals surface area (Å²) in [5, 5.41) is 23.6. The molecule has 2 rings (SSSR count). The molecule has 0 saturated carbocycles. The molecule has 1 aromatic heterocycles. The van der Waals surface area contributed by atoms with Crippen LogP contribution in [0.15, 0.2) is 27.8 Å². The zero-order valence-corrected chi connectivity index (χ0v) is 15.1. The number of aromatic nitrogens is 1. The molecular weight excluding hydrogens is 376 g/mol. The van der Waals surface area contributed by atoms with Crippen molar-refractivity contribution in [1.29, 1.82) is 10.7 Å². The van der Waals surface area contributed by atoms with Gasteiger partial charge < -0.3 is 19.7 Å². The quantitative estimate of drug-likeness (QED) is 0.280. The first-order valence-corrected chi connectivity index (χ1v) is 7.79. The number of nitrogens with one attached hydrogen (secondary N) is 2. The SMILES string of the molecule is COC(=O)c1noc(C)c1COc1ccc(N/N=C(\C#N)C(=N)N)cc1Cl. The smallest absolute Gasteiger partial charge is 0.360 e. The van der Waals surface area contributed by atoms with Gasteiger partial charge in [0.25, 0.3) is 0 Å². The van der Waals surface area contributed by atoms with Gasteiger partial charge in [0, 0.05) is 0 Å². The highest BCUT2D eigenvalue weighted by molar-refractivity contribution is 6.45. The molecule has 1 aromatic carbocycles. The van der Waals surface area contributed by atoms with Crippen LogP contribution in [0.4, 0.5) is 5.69 Å². The Hall–Kier alpha value is -3.58. The number of ether oxygens (including phenoxy) is 2. The van der Waals surface area contributed by atoms with E-state index in [1.807, 2.05) is 0 Å². The van der Waals surface area contributed by atoms with Gasteiger partial charge in [0.05, 0.1) is 23.4 Å². The van der Waals surface area contributed by atoms with Crippen molar-refractivity contribution in [2.45, 2.75) is 13.5 Å². The van der Waals surface area contributed by atoms with E-state index in [1.54, 1.807) is 25.1 Å². The third kappa shape index (κ3) is 4.74. The Labute approximate surface area is 159 Å². The molecule has 0 atom stereocenters. The Morgan fingerprint density at radius 3 is 2.89 bits per heavy atom. The van der Waals surface area contributed by atoms with Crippen molar-refractivity contribution in [3.05, 3.63) is 40.2 Å². The number of nitrogens with two attached hydrogens (primary N) is 1. The number of hydrogen-bond donors (Lipinski definition) is 3. The number of anilines is 1. The summed E-state index contributed by atoms with van der Waals surface area (Å²) in [6, 6.07) is 6.37. The Balaban J connectivity index is 2.12. The first-order chi connectivity index (χ1) is 12.9. The van der Waals surface area contributed by atoms with Crippen LogP contribution < -0.4 is 15.9 Å². The first-order valence-electron chi connectivity index (χ1n) is 7.41. The molecule has 0 saturated heterocycles. The lowest BCUT2D eigenvalue weighted by Crippen LogP contribution is -2.21. The van der Waals surface area contributed by atoms with Crippen LogP contribution >= 0.6 is 11.6 Å². The molecule has 10 nitrogen and oxygen atoms in total. The topological polar surface area (TPSA) is 160 Å². The molecule has 0 amide bonds. The summed E-state index contributed by atoms with van der Waals surface area (Å²) in [5.41, 5.74) is 8.46. The summed E-state index contributed by atoms with van der Waals surface area (Å²) in [6.07, 6.45) is 0. The molecule has 11 heteroatoms. The van der Waals surface area contributed by atoms with E-state index < -0.39 is 11.8 Å². The Morgan fingerprint density at radius 1 is 1.56 bits per heavy atom. The molecule has 0 fully saturated rings. The summed E-state index contributed by atoms with van der Waals surface area (Å²) < 4.78 is 15.3. The number of benzene rings is 1. The highest BCUT2D eigenvalue weighted by Gasteiger charge is 2.21. The largest absolute Gasteiger partial charge is 0.487 e. The number of methoxy groups -OCH3 is 1. The fourth-order valence-electron chi connectivity index (χ4n) is 1.92. The van der Waals surface area contributed by atoms with Crippen LogP contribution in [0.25, 0.3) is 0 Å². The lowest BCUT2D eigenvalue weighted by molar-refractivity contribution is 0.0586. The molecule has 0 aliphatic carbocycles. The van der Waals surface area contributed by atoms with Crippen LogP contribution in [-0.2, 0) is 11.3 Å². The molecular formula is C16H15ClN6O4. The summed E-state index contributed by atoms with van der Waals surface area (Å²) in [6.45, 7) is 1.64. The minimum Gasteiger partial charge on any atom is -0.487 e. The number of esters is 1. The summed E-state index contributed by atoms with van der Waals surface area (Å²) in [4.78, 5) is 11.7. The van der Waals surface area contributed by atoms with Crippen molar-refractivity contribution in [1.82, 2.24) is 5.16 Å². The van der Waals surface area contributed by atoms with Crippen LogP contribution in [0, 0.1) is 23.7 Å². The van der Waals surface area contributed by atoms with E-state index in [-0.39, 0.29) is 23.0 Å². The highest BCUT2D eigenvalue weighted by Crippen LogP contribution is 2.29. The number of aryl methyl sites for hydroxylation is 1. The molecule has 0 aliphatic heterocycles. The zero-order chi connectivity index (χ0) is 20.0. The van der Waals surface area contributed by atoms with Gasteiger partial charge in [-0.3, -0.25) is 10.8 Å². The summed E-state index contributed by atoms with van der Waals surface area (Å²) in [7, 11) is 1.24. The van der Waals surface area contributed by atoms with Crippen LogP contribution in [0.1, 0.15) is 21.8 Å². The highest BCUT2D eigenvalue weighted by atomic mass is 35.5. The van der Waals surface area contributed by atoms with E-state index in [4.69, 9.17) is 37.3 Å². The van der Waals surface area contributed by atoms with Gasteiger partial charge in [-0.25, -0.2) is 4.79 Å². The van der Waals surface area contributed by atoms with Crippen LogP contribution in [0.3, 0.4) is 0 Å². The molecule has 27 heavy (non-hydrogen) atoms. The molecule has 2 aromatic rings. The second kappa shape index (κ2) is 8.68. The fourth-order valence-corrected chi connectivity index (χ4v) is 2.16. The van der Waals surface area contributed by atoms with E-state index in [0.29, 0.717) is 22.8 Å². The predicted octanol–water partition coefficient (Wildman–Crippen LogP) is 2.23. The van der Waals surface area contributed by atoms with Gasteiger partial charge in [-0.05, 0) is 25.1 Å². The van der Waals surface area contributed by atoms with Gasteiger partial charge in [-0.1, -0.05) is 16.8 Å².